The molecule has 0 saturated carbocycles. The number of rotatable bonds is 8. The highest BCUT2D eigenvalue weighted by atomic mass is 32.1. The molecule has 0 aliphatic heterocycles. The average molecular weight is 423 g/mol. The number of thiazole rings is 1. The number of ether oxygens (including phenoxy) is 1. The molecule has 2 aromatic carbocycles. The Balaban J connectivity index is 1.70. The van der Waals surface area contributed by atoms with E-state index in [1.807, 2.05) is 53.6 Å². The molecule has 0 saturated heterocycles. The molecule has 0 spiro atoms. The van der Waals surface area contributed by atoms with Crippen LogP contribution in [0.2, 0.25) is 0 Å². The van der Waals surface area contributed by atoms with Crippen molar-refractivity contribution in [3.8, 4) is 5.75 Å². The first-order chi connectivity index (χ1) is 14.4. The Kier molecular flexibility index (Phi) is 7.27. The maximum absolute atomic E-state index is 13.1. The molecular weight excluding hydrogens is 392 g/mol. The Hall–Kier alpha value is -2.66. The van der Waals surface area contributed by atoms with Crippen LogP contribution in [-0.4, -0.2) is 21.8 Å². The second kappa shape index (κ2) is 9.90. The van der Waals surface area contributed by atoms with Crippen molar-refractivity contribution < 1.29 is 9.53 Å². The lowest BCUT2D eigenvalue weighted by molar-refractivity contribution is 0.0669. The first-order valence-corrected chi connectivity index (χ1v) is 11.3. The molecule has 0 unspecified atom stereocenters. The molecule has 0 radical (unpaired) electrons. The average Bonchev–Trinajstić information content (AvgIpc) is 3.20. The van der Waals surface area contributed by atoms with Gasteiger partial charge < -0.3 is 9.64 Å². The Morgan fingerprint density at radius 3 is 2.57 bits per heavy atom. The van der Waals surface area contributed by atoms with Gasteiger partial charge in [0.05, 0.1) is 12.2 Å². The van der Waals surface area contributed by atoms with Crippen LogP contribution in [0.3, 0.4) is 0 Å². The molecule has 30 heavy (non-hydrogen) atoms. The highest BCUT2D eigenvalue weighted by molar-refractivity contribution is 7.09. The molecule has 158 valence electrons. The van der Waals surface area contributed by atoms with E-state index in [-0.39, 0.29) is 11.9 Å². The normalized spacial score (nSPS) is 11.9. The Labute approximate surface area is 183 Å². The van der Waals surface area contributed by atoms with Crippen LogP contribution in [0.25, 0.3) is 0 Å². The smallest absolute Gasteiger partial charge is 0.254 e. The predicted octanol–water partition coefficient (Wildman–Crippen LogP) is 6.09. The van der Waals surface area contributed by atoms with E-state index < -0.39 is 0 Å². The van der Waals surface area contributed by atoms with Gasteiger partial charge in [0.1, 0.15) is 17.4 Å². The quantitative estimate of drug-likeness (QED) is 0.441. The van der Waals surface area contributed by atoms with E-state index in [1.165, 1.54) is 5.56 Å². The monoisotopic (exact) mass is 422 g/mol. The number of aromatic nitrogens is 1. The first-order valence-electron chi connectivity index (χ1n) is 10.4. The molecular formula is C25H30N2O2S. The molecule has 0 bridgehead atoms. The van der Waals surface area contributed by atoms with Crippen molar-refractivity contribution in [1.29, 1.82) is 0 Å². The van der Waals surface area contributed by atoms with E-state index in [4.69, 9.17) is 9.72 Å². The Morgan fingerprint density at radius 1 is 1.13 bits per heavy atom. The van der Waals surface area contributed by atoms with Crippen molar-refractivity contribution in [3.05, 3.63) is 80.8 Å². The summed E-state index contributed by atoms with van der Waals surface area (Å²) in [5.74, 6) is 0.938. The molecule has 0 aliphatic rings. The van der Waals surface area contributed by atoms with E-state index in [2.05, 4.69) is 33.8 Å². The van der Waals surface area contributed by atoms with E-state index >= 15 is 0 Å². The summed E-state index contributed by atoms with van der Waals surface area (Å²) in [6.07, 6.45) is 0.893. The van der Waals surface area contributed by atoms with Crippen molar-refractivity contribution in [3.63, 3.8) is 0 Å². The highest BCUT2D eigenvalue weighted by Crippen LogP contribution is 2.23. The summed E-state index contributed by atoms with van der Waals surface area (Å²) in [6.45, 7) is 11.3. The zero-order valence-corrected chi connectivity index (χ0v) is 19.3. The molecule has 1 atom stereocenters. The van der Waals surface area contributed by atoms with Gasteiger partial charge >= 0.3 is 0 Å². The van der Waals surface area contributed by atoms with Crippen LogP contribution in [0, 0.1) is 20.8 Å². The van der Waals surface area contributed by atoms with Crippen LogP contribution < -0.4 is 4.74 Å². The minimum absolute atomic E-state index is 0.0468. The molecule has 1 aromatic heterocycles. The maximum atomic E-state index is 13.1. The van der Waals surface area contributed by atoms with E-state index in [0.29, 0.717) is 13.2 Å². The lowest BCUT2D eigenvalue weighted by atomic mass is 10.1. The third-order valence-electron chi connectivity index (χ3n) is 5.52. The van der Waals surface area contributed by atoms with Crippen molar-refractivity contribution in [2.75, 3.05) is 0 Å². The van der Waals surface area contributed by atoms with Gasteiger partial charge in [-0.2, -0.15) is 0 Å². The summed E-state index contributed by atoms with van der Waals surface area (Å²) < 4.78 is 5.99. The number of hydrogen-bond acceptors (Lipinski definition) is 4. The molecule has 3 rings (SSSR count). The lowest BCUT2D eigenvalue weighted by Crippen LogP contribution is -2.37. The van der Waals surface area contributed by atoms with Gasteiger partial charge in [0.2, 0.25) is 0 Å². The Morgan fingerprint density at radius 2 is 1.87 bits per heavy atom. The molecule has 4 nitrogen and oxygen atoms in total. The minimum atomic E-state index is 0.0468. The fraction of sp³-hybridized carbons (Fsp3) is 0.360. The van der Waals surface area contributed by atoms with E-state index in [9.17, 15) is 4.79 Å². The second-order valence-corrected chi connectivity index (χ2v) is 8.72. The van der Waals surface area contributed by atoms with Crippen molar-refractivity contribution >= 4 is 17.2 Å². The summed E-state index contributed by atoms with van der Waals surface area (Å²) in [5.41, 5.74) is 5.14. The zero-order chi connectivity index (χ0) is 21.7. The van der Waals surface area contributed by atoms with Gasteiger partial charge in [0.25, 0.3) is 5.91 Å². The van der Waals surface area contributed by atoms with Gasteiger partial charge in [0, 0.05) is 17.0 Å². The lowest BCUT2D eigenvalue weighted by Gasteiger charge is -2.28. The maximum Gasteiger partial charge on any atom is 0.254 e. The van der Waals surface area contributed by atoms with Crippen LogP contribution in [0.15, 0.2) is 47.8 Å². The van der Waals surface area contributed by atoms with Crippen LogP contribution in [0.5, 0.6) is 5.75 Å². The molecule has 0 fully saturated rings. The molecule has 1 heterocycles. The molecule has 3 aromatic rings. The summed E-state index contributed by atoms with van der Waals surface area (Å²) in [5, 5.41) is 2.94. The first kappa shape index (κ1) is 22.0. The number of nitrogens with zero attached hydrogens (tertiary/aromatic N) is 2. The standard InChI is InChI=1S/C25H30N2O2S/c1-6-19(4)27(25(28)21-12-10-17(2)11-13-21)14-22-16-30-24(26-22)15-29-23-9-7-8-18(3)20(23)5/h7-13,16,19H,6,14-15H2,1-5H3/t19-/m0/s1. The summed E-state index contributed by atoms with van der Waals surface area (Å²) in [7, 11) is 0. The number of carbonyl (C=O) groups is 1. The minimum Gasteiger partial charge on any atom is -0.486 e. The number of hydrogen-bond donors (Lipinski definition) is 0. The number of amides is 1. The fourth-order valence-corrected chi connectivity index (χ4v) is 3.89. The van der Waals surface area contributed by atoms with Gasteiger partial charge in [-0.1, -0.05) is 36.8 Å². The van der Waals surface area contributed by atoms with Gasteiger partial charge in [-0.05, 0) is 63.4 Å². The van der Waals surface area contributed by atoms with Gasteiger partial charge in [0.15, 0.2) is 0 Å². The SMILES string of the molecule is CC[C@H](C)N(Cc1csc(COc2cccc(C)c2C)n1)C(=O)c1ccc(C)cc1. The molecule has 0 aliphatic carbocycles. The van der Waals surface area contributed by atoms with Gasteiger partial charge in [-0.25, -0.2) is 4.98 Å². The number of carbonyl (C=O) groups excluding carboxylic acids is 1. The Bertz CT molecular complexity index is 995. The fourth-order valence-electron chi connectivity index (χ4n) is 3.19. The largest absolute Gasteiger partial charge is 0.486 e. The van der Waals surface area contributed by atoms with Gasteiger partial charge in [-0.3, -0.25) is 4.79 Å². The third-order valence-corrected chi connectivity index (χ3v) is 6.39. The second-order valence-electron chi connectivity index (χ2n) is 7.78. The van der Waals surface area contributed by atoms with Crippen LogP contribution in [0.1, 0.15) is 58.0 Å². The van der Waals surface area contributed by atoms with Crippen LogP contribution in [0.4, 0.5) is 0 Å². The molecule has 0 N–H and O–H groups in total. The number of aryl methyl sites for hydroxylation is 2. The summed E-state index contributed by atoms with van der Waals surface area (Å²) >= 11 is 1.58. The highest BCUT2D eigenvalue weighted by Gasteiger charge is 2.22. The van der Waals surface area contributed by atoms with Crippen molar-refractivity contribution in [1.82, 2.24) is 9.88 Å². The van der Waals surface area contributed by atoms with Crippen LogP contribution in [-0.2, 0) is 13.2 Å². The zero-order valence-electron chi connectivity index (χ0n) is 18.4. The van der Waals surface area contributed by atoms with Crippen molar-refractivity contribution in [2.45, 2.75) is 60.2 Å². The van der Waals surface area contributed by atoms with E-state index in [1.54, 1.807) is 11.3 Å². The topological polar surface area (TPSA) is 42.4 Å². The van der Waals surface area contributed by atoms with E-state index in [0.717, 1.165) is 39.6 Å². The predicted molar refractivity (Wildman–Crippen MR) is 123 cm³/mol. The van der Waals surface area contributed by atoms with Crippen molar-refractivity contribution in [2.24, 2.45) is 0 Å². The number of benzene rings is 2. The summed E-state index contributed by atoms with van der Waals surface area (Å²) in [4.78, 5) is 19.8. The molecule has 1 amide bonds. The van der Waals surface area contributed by atoms with Crippen LogP contribution >= 0.6 is 11.3 Å². The van der Waals surface area contributed by atoms with Gasteiger partial charge in [-0.15, -0.1) is 11.3 Å². The third kappa shape index (κ3) is 5.28. The summed E-state index contributed by atoms with van der Waals surface area (Å²) in [6, 6.07) is 14.0. The molecule has 5 heteroatoms.